The topological polar surface area (TPSA) is 29.1 Å². The van der Waals surface area contributed by atoms with Crippen molar-refractivity contribution in [2.75, 3.05) is 12.3 Å². The summed E-state index contributed by atoms with van der Waals surface area (Å²) in [6.45, 7) is 1.13. The first-order chi connectivity index (χ1) is 5.86. The Hall–Kier alpha value is 0.110. The number of nitrogens with one attached hydrogen (secondary N) is 1. The van der Waals surface area contributed by atoms with Crippen LogP contribution in [0.1, 0.15) is 32.1 Å². The third kappa shape index (κ3) is 2.30. The highest BCUT2D eigenvalue weighted by molar-refractivity contribution is 7.86. The molecule has 3 heteroatoms. The summed E-state index contributed by atoms with van der Waals surface area (Å²) >= 11 is 0. The van der Waals surface area contributed by atoms with E-state index in [9.17, 15) is 4.21 Å². The molecule has 2 atom stereocenters. The molecule has 1 aliphatic carbocycles. The van der Waals surface area contributed by atoms with Gasteiger partial charge in [0.15, 0.2) is 0 Å². The van der Waals surface area contributed by atoms with Gasteiger partial charge in [-0.1, -0.05) is 6.42 Å². The molecule has 1 heterocycles. The SMILES string of the molecule is O=S(CC1CCCCN1)C1CC1. The highest BCUT2D eigenvalue weighted by Gasteiger charge is 2.29. The Morgan fingerprint density at radius 2 is 2.08 bits per heavy atom. The van der Waals surface area contributed by atoms with Crippen molar-refractivity contribution in [3.05, 3.63) is 0 Å². The zero-order chi connectivity index (χ0) is 8.39. The molecule has 2 rings (SSSR count). The van der Waals surface area contributed by atoms with Gasteiger partial charge in [-0.15, -0.1) is 0 Å². The molecule has 0 radical (unpaired) electrons. The molecule has 2 aliphatic rings. The van der Waals surface area contributed by atoms with Crippen molar-refractivity contribution >= 4 is 10.8 Å². The minimum Gasteiger partial charge on any atom is -0.313 e. The minimum atomic E-state index is -0.521. The van der Waals surface area contributed by atoms with Crippen LogP contribution in [0.15, 0.2) is 0 Å². The van der Waals surface area contributed by atoms with E-state index in [0.717, 1.165) is 12.3 Å². The maximum Gasteiger partial charge on any atom is 0.0391 e. The van der Waals surface area contributed by atoms with E-state index < -0.39 is 10.8 Å². The average Bonchev–Trinajstić information content (AvgIpc) is 2.88. The van der Waals surface area contributed by atoms with Gasteiger partial charge in [0.25, 0.3) is 0 Å². The van der Waals surface area contributed by atoms with Gasteiger partial charge in [0.1, 0.15) is 0 Å². The molecule has 2 nitrogen and oxygen atoms in total. The quantitative estimate of drug-likeness (QED) is 0.715. The highest BCUT2D eigenvalue weighted by Crippen LogP contribution is 2.27. The Morgan fingerprint density at radius 3 is 2.67 bits per heavy atom. The fourth-order valence-corrected chi connectivity index (χ4v) is 3.35. The van der Waals surface area contributed by atoms with Crippen LogP contribution in [-0.4, -0.2) is 27.8 Å². The summed E-state index contributed by atoms with van der Waals surface area (Å²) in [5.41, 5.74) is 0. The maximum atomic E-state index is 11.5. The van der Waals surface area contributed by atoms with E-state index >= 15 is 0 Å². The summed E-state index contributed by atoms with van der Waals surface area (Å²) in [5.74, 6) is 0.907. The van der Waals surface area contributed by atoms with Gasteiger partial charge < -0.3 is 5.32 Å². The third-order valence-electron chi connectivity index (χ3n) is 2.67. The molecule has 70 valence electrons. The number of piperidine rings is 1. The lowest BCUT2D eigenvalue weighted by Gasteiger charge is -2.22. The second-order valence-electron chi connectivity index (χ2n) is 3.89. The van der Waals surface area contributed by atoms with Crippen LogP contribution in [0.25, 0.3) is 0 Å². The van der Waals surface area contributed by atoms with Crippen LogP contribution in [-0.2, 0) is 10.8 Å². The van der Waals surface area contributed by atoms with Crippen molar-refractivity contribution in [3.63, 3.8) is 0 Å². The van der Waals surface area contributed by atoms with E-state index in [-0.39, 0.29) is 0 Å². The monoisotopic (exact) mass is 187 g/mol. The van der Waals surface area contributed by atoms with Crippen LogP contribution in [0.5, 0.6) is 0 Å². The van der Waals surface area contributed by atoms with Crippen molar-refractivity contribution in [1.82, 2.24) is 5.32 Å². The van der Waals surface area contributed by atoms with Crippen molar-refractivity contribution in [1.29, 1.82) is 0 Å². The largest absolute Gasteiger partial charge is 0.313 e. The van der Waals surface area contributed by atoms with Crippen molar-refractivity contribution in [2.24, 2.45) is 0 Å². The van der Waals surface area contributed by atoms with Gasteiger partial charge in [-0.25, -0.2) is 0 Å². The van der Waals surface area contributed by atoms with Crippen LogP contribution in [0.4, 0.5) is 0 Å². The predicted molar refractivity (Wildman–Crippen MR) is 51.7 cm³/mol. The Bertz CT molecular complexity index is 173. The minimum absolute atomic E-state index is 0.521. The lowest BCUT2D eigenvalue weighted by atomic mass is 10.1. The smallest absolute Gasteiger partial charge is 0.0391 e. The second kappa shape index (κ2) is 3.88. The molecule has 0 aromatic rings. The summed E-state index contributed by atoms with van der Waals surface area (Å²) in [7, 11) is -0.521. The van der Waals surface area contributed by atoms with Crippen molar-refractivity contribution in [2.45, 2.75) is 43.4 Å². The molecular weight excluding hydrogens is 170 g/mol. The Kier molecular flexibility index (Phi) is 2.81. The molecule has 1 N–H and O–H groups in total. The first-order valence-corrected chi connectivity index (χ1v) is 6.35. The molecule has 0 spiro atoms. The fraction of sp³-hybridized carbons (Fsp3) is 1.00. The molecule has 1 saturated heterocycles. The van der Waals surface area contributed by atoms with Gasteiger partial charge in [-0.3, -0.25) is 4.21 Å². The molecule has 1 saturated carbocycles. The van der Waals surface area contributed by atoms with Crippen molar-refractivity contribution < 1.29 is 4.21 Å². The molecule has 2 fully saturated rings. The van der Waals surface area contributed by atoms with Gasteiger partial charge in [-0.05, 0) is 32.2 Å². The van der Waals surface area contributed by atoms with E-state index in [2.05, 4.69) is 5.32 Å². The highest BCUT2D eigenvalue weighted by atomic mass is 32.2. The third-order valence-corrected chi connectivity index (χ3v) is 4.62. The summed E-state index contributed by atoms with van der Waals surface area (Å²) in [4.78, 5) is 0. The standard InChI is InChI=1S/C9H17NOS/c11-12(9-4-5-9)7-8-3-1-2-6-10-8/h8-10H,1-7H2. The molecule has 0 aromatic carbocycles. The first-order valence-electron chi connectivity index (χ1n) is 4.97. The van der Waals surface area contributed by atoms with E-state index in [4.69, 9.17) is 0 Å². The fourth-order valence-electron chi connectivity index (χ4n) is 1.73. The van der Waals surface area contributed by atoms with Crippen LogP contribution in [0, 0.1) is 0 Å². The Morgan fingerprint density at radius 1 is 1.25 bits per heavy atom. The van der Waals surface area contributed by atoms with Gasteiger partial charge >= 0.3 is 0 Å². The average molecular weight is 187 g/mol. The molecule has 1 aliphatic heterocycles. The lowest BCUT2D eigenvalue weighted by molar-refractivity contribution is 0.427. The van der Waals surface area contributed by atoms with E-state index in [1.54, 1.807) is 0 Å². The van der Waals surface area contributed by atoms with E-state index in [1.807, 2.05) is 0 Å². The van der Waals surface area contributed by atoms with E-state index in [0.29, 0.717) is 11.3 Å². The molecule has 0 amide bonds. The van der Waals surface area contributed by atoms with Crippen molar-refractivity contribution in [3.8, 4) is 0 Å². The number of hydrogen-bond donors (Lipinski definition) is 1. The molecule has 0 bridgehead atoms. The summed E-state index contributed by atoms with van der Waals surface area (Å²) in [6, 6.07) is 0.556. The second-order valence-corrected chi connectivity index (χ2v) is 5.66. The van der Waals surface area contributed by atoms with Gasteiger partial charge in [0, 0.05) is 27.8 Å². The lowest BCUT2D eigenvalue weighted by Crippen LogP contribution is -2.38. The Labute approximate surface area is 76.6 Å². The van der Waals surface area contributed by atoms with Gasteiger partial charge in [-0.2, -0.15) is 0 Å². The normalized spacial score (nSPS) is 33.2. The van der Waals surface area contributed by atoms with Crippen LogP contribution in [0.3, 0.4) is 0 Å². The Balaban J connectivity index is 1.73. The van der Waals surface area contributed by atoms with Gasteiger partial charge in [0.2, 0.25) is 0 Å². The predicted octanol–water partition coefficient (Wildman–Crippen LogP) is 1.04. The first kappa shape index (κ1) is 8.70. The number of hydrogen-bond acceptors (Lipinski definition) is 2. The molecule has 2 unspecified atom stereocenters. The maximum absolute atomic E-state index is 11.5. The summed E-state index contributed by atoms with van der Waals surface area (Å²) < 4.78 is 11.5. The van der Waals surface area contributed by atoms with E-state index in [1.165, 1.54) is 32.1 Å². The van der Waals surface area contributed by atoms with Crippen LogP contribution < -0.4 is 5.32 Å². The zero-order valence-corrected chi connectivity index (χ0v) is 8.24. The zero-order valence-electron chi connectivity index (χ0n) is 7.42. The van der Waals surface area contributed by atoms with Crippen LogP contribution >= 0.6 is 0 Å². The molecule has 12 heavy (non-hydrogen) atoms. The molecular formula is C9H17NOS. The summed E-state index contributed by atoms with van der Waals surface area (Å²) in [6.07, 6.45) is 6.27. The van der Waals surface area contributed by atoms with Gasteiger partial charge in [0.05, 0.1) is 0 Å². The van der Waals surface area contributed by atoms with Crippen LogP contribution in [0.2, 0.25) is 0 Å². The number of rotatable bonds is 3. The molecule has 0 aromatic heterocycles. The summed E-state index contributed by atoms with van der Waals surface area (Å²) in [5, 5.41) is 4.00.